The van der Waals surface area contributed by atoms with E-state index >= 15 is 0 Å². The van der Waals surface area contributed by atoms with Gasteiger partial charge in [-0.05, 0) is 43.3 Å². The van der Waals surface area contributed by atoms with Crippen LogP contribution in [0.3, 0.4) is 0 Å². The van der Waals surface area contributed by atoms with E-state index in [2.05, 4.69) is 45.6 Å². The van der Waals surface area contributed by atoms with Crippen molar-refractivity contribution in [2.45, 2.75) is 46.0 Å². The number of rotatable bonds is 5. The van der Waals surface area contributed by atoms with Gasteiger partial charge in [0.2, 0.25) is 8.32 Å². The Morgan fingerprint density at radius 2 is 1.67 bits per heavy atom. The van der Waals surface area contributed by atoms with Gasteiger partial charge >= 0.3 is 0 Å². The van der Waals surface area contributed by atoms with Crippen LogP contribution in [0.25, 0.3) is 0 Å². The smallest absolute Gasteiger partial charge is 0.242 e. The van der Waals surface area contributed by atoms with Crippen molar-refractivity contribution in [2.75, 3.05) is 0 Å². The molecule has 18 heavy (non-hydrogen) atoms. The number of halogens is 1. The molecule has 0 aliphatic heterocycles. The van der Waals surface area contributed by atoms with Crippen molar-refractivity contribution in [1.29, 1.82) is 0 Å². The van der Waals surface area contributed by atoms with Crippen molar-refractivity contribution in [3.8, 4) is 5.75 Å². The average Bonchev–Trinajstić information content (AvgIpc) is 2.26. The van der Waals surface area contributed by atoms with E-state index in [4.69, 9.17) is 10.2 Å². The minimum atomic E-state index is -1.50. The molecule has 2 N–H and O–H groups in total. The molecule has 0 radical (unpaired) electrons. The van der Waals surface area contributed by atoms with Crippen LogP contribution >= 0.6 is 12.4 Å². The molecule has 0 heterocycles. The maximum atomic E-state index is 6.19. The van der Waals surface area contributed by atoms with E-state index in [-0.39, 0.29) is 18.4 Å². The molecule has 4 heteroatoms. The molecule has 0 saturated heterocycles. The molecule has 1 aromatic carbocycles. The number of nitrogens with two attached hydrogens (primary N) is 1. The maximum absolute atomic E-state index is 6.19. The first-order chi connectivity index (χ1) is 7.83. The lowest BCUT2D eigenvalue weighted by Crippen LogP contribution is -2.29. The van der Waals surface area contributed by atoms with Crippen molar-refractivity contribution < 1.29 is 4.43 Å². The summed E-state index contributed by atoms with van der Waals surface area (Å²) >= 11 is 0. The SMILES string of the molecule is CCC(C)[C@@H](N)c1ccc(O[Si](C)(C)C)cc1.Cl. The first kappa shape index (κ1) is 17.5. The quantitative estimate of drug-likeness (QED) is 0.816. The molecule has 1 rings (SSSR count). The zero-order chi connectivity index (χ0) is 13.1. The molecule has 0 amide bonds. The van der Waals surface area contributed by atoms with E-state index in [1.54, 1.807) is 0 Å². The molecule has 0 aliphatic rings. The van der Waals surface area contributed by atoms with Crippen LogP contribution in [0, 0.1) is 5.92 Å². The predicted octanol–water partition coefficient (Wildman–Crippen LogP) is 4.37. The second kappa shape index (κ2) is 7.17. The van der Waals surface area contributed by atoms with Gasteiger partial charge in [-0.3, -0.25) is 0 Å². The van der Waals surface area contributed by atoms with Crippen LogP contribution in [-0.4, -0.2) is 8.32 Å². The van der Waals surface area contributed by atoms with E-state index in [0.29, 0.717) is 5.92 Å². The summed E-state index contributed by atoms with van der Waals surface area (Å²) < 4.78 is 5.92. The monoisotopic (exact) mass is 287 g/mol. The molecule has 0 bridgehead atoms. The highest BCUT2D eigenvalue weighted by molar-refractivity contribution is 6.70. The van der Waals surface area contributed by atoms with Crippen LogP contribution in [0.4, 0.5) is 0 Å². The van der Waals surface area contributed by atoms with Crippen molar-refractivity contribution >= 4 is 20.7 Å². The highest BCUT2D eigenvalue weighted by atomic mass is 35.5. The van der Waals surface area contributed by atoms with Crippen LogP contribution < -0.4 is 10.2 Å². The van der Waals surface area contributed by atoms with Gasteiger partial charge in [0, 0.05) is 6.04 Å². The Morgan fingerprint density at radius 3 is 2.06 bits per heavy atom. The third-order valence-corrected chi connectivity index (χ3v) is 3.79. The van der Waals surface area contributed by atoms with Gasteiger partial charge in [-0.15, -0.1) is 12.4 Å². The number of hydrogen-bond acceptors (Lipinski definition) is 2. The largest absolute Gasteiger partial charge is 0.544 e. The standard InChI is InChI=1S/C14H25NOSi.ClH/c1-6-11(2)14(15)12-7-9-13(10-8-12)16-17(3,4)5;/h7-11,14H,6,15H2,1-5H3;1H/t11?,14-;/m1./s1. The van der Waals surface area contributed by atoms with Gasteiger partial charge < -0.3 is 10.2 Å². The lowest BCUT2D eigenvalue weighted by Gasteiger charge is -2.21. The fraction of sp³-hybridized carbons (Fsp3) is 0.571. The topological polar surface area (TPSA) is 35.2 Å². The lowest BCUT2D eigenvalue weighted by molar-refractivity contribution is 0.456. The summed E-state index contributed by atoms with van der Waals surface area (Å²) in [6.45, 7) is 10.9. The zero-order valence-electron chi connectivity index (χ0n) is 12.1. The molecule has 0 fully saturated rings. The van der Waals surface area contributed by atoms with E-state index in [1.165, 1.54) is 5.56 Å². The Labute approximate surface area is 118 Å². The van der Waals surface area contributed by atoms with Crippen molar-refractivity contribution in [3.63, 3.8) is 0 Å². The van der Waals surface area contributed by atoms with E-state index < -0.39 is 8.32 Å². The lowest BCUT2D eigenvalue weighted by atomic mass is 9.93. The van der Waals surface area contributed by atoms with Gasteiger partial charge in [0.1, 0.15) is 5.75 Å². The fourth-order valence-corrected chi connectivity index (χ4v) is 2.54. The zero-order valence-corrected chi connectivity index (χ0v) is 13.9. The van der Waals surface area contributed by atoms with Crippen molar-refractivity contribution in [1.82, 2.24) is 0 Å². The predicted molar refractivity (Wildman–Crippen MR) is 84.0 cm³/mol. The summed E-state index contributed by atoms with van der Waals surface area (Å²) in [6, 6.07) is 8.38. The molecule has 0 aromatic heterocycles. The van der Waals surface area contributed by atoms with Crippen molar-refractivity contribution in [3.05, 3.63) is 29.8 Å². The molecule has 2 nitrogen and oxygen atoms in total. The molecule has 0 saturated carbocycles. The Kier molecular flexibility index (Phi) is 6.96. The third-order valence-electron chi connectivity index (χ3n) is 2.95. The minimum absolute atomic E-state index is 0. The number of benzene rings is 1. The molecular formula is C14H26ClNOSi. The summed E-state index contributed by atoms with van der Waals surface area (Å²) in [6.07, 6.45) is 1.11. The van der Waals surface area contributed by atoms with Crippen LogP contribution in [0.2, 0.25) is 19.6 Å². The minimum Gasteiger partial charge on any atom is -0.544 e. The van der Waals surface area contributed by atoms with Gasteiger partial charge in [0.25, 0.3) is 0 Å². The molecule has 104 valence electrons. The summed E-state index contributed by atoms with van der Waals surface area (Å²) in [5.74, 6) is 1.48. The van der Waals surface area contributed by atoms with Crippen LogP contribution in [0.5, 0.6) is 5.75 Å². The summed E-state index contributed by atoms with van der Waals surface area (Å²) in [4.78, 5) is 0. The van der Waals surface area contributed by atoms with Crippen LogP contribution in [0.15, 0.2) is 24.3 Å². The van der Waals surface area contributed by atoms with Gasteiger partial charge in [-0.25, -0.2) is 0 Å². The van der Waals surface area contributed by atoms with E-state index in [0.717, 1.165) is 12.2 Å². The Hall–Kier alpha value is -0.513. The summed E-state index contributed by atoms with van der Waals surface area (Å²) in [5.41, 5.74) is 7.39. The second-order valence-corrected chi connectivity index (χ2v) is 10.1. The maximum Gasteiger partial charge on any atom is 0.242 e. The van der Waals surface area contributed by atoms with Gasteiger partial charge in [0.05, 0.1) is 0 Å². The van der Waals surface area contributed by atoms with Gasteiger partial charge in [0.15, 0.2) is 0 Å². The van der Waals surface area contributed by atoms with E-state index in [1.807, 2.05) is 12.1 Å². The molecular weight excluding hydrogens is 262 g/mol. The van der Waals surface area contributed by atoms with Crippen LogP contribution in [-0.2, 0) is 0 Å². The Balaban J connectivity index is 0.00000289. The van der Waals surface area contributed by atoms with Gasteiger partial charge in [-0.2, -0.15) is 0 Å². The number of hydrogen-bond donors (Lipinski definition) is 1. The summed E-state index contributed by atoms with van der Waals surface area (Å²) in [7, 11) is -1.50. The first-order valence-corrected chi connectivity index (χ1v) is 9.79. The van der Waals surface area contributed by atoms with Gasteiger partial charge in [-0.1, -0.05) is 32.4 Å². The second-order valence-electron chi connectivity index (χ2n) is 5.69. The van der Waals surface area contributed by atoms with Crippen LogP contribution in [0.1, 0.15) is 31.9 Å². The Bertz CT molecular complexity index is 348. The third kappa shape index (κ3) is 5.42. The molecule has 0 spiro atoms. The molecule has 1 unspecified atom stereocenters. The first-order valence-electron chi connectivity index (χ1n) is 6.38. The molecule has 1 aromatic rings. The van der Waals surface area contributed by atoms with Crippen molar-refractivity contribution in [2.24, 2.45) is 11.7 Å². The fourth-order valence-electron chi connectivity index (χ4n) is 1.69. The highest BCUT2D eigenvalue weighted by Gasteiger charge is 2.17. The Morgan fingerprint density at radius 1 is 1.17 bits per heavy atom. The normalized spacial score (nSPS) is 14.6. The molecule has 0 aliphatic carbocycles. The summed E-state index contributed by atoms with van der Waals surface area (Å²) in [5, 5.41) is 0. The average molecular weight is 288 g/mol. The van der Waals surface area contributed by atoms with E-state index in [9.17, 15) is 0 Å². The molecule has 2 atom stereocenters. The highest BCUT2D eigenvalue weighted by Crippen LogP contribution is 2.24.